The maximum atomic E-state index is 12.7. The van der Waals surface area contributed by atoms with Gasteiger partial charge in [0.15, 0.2) is 6.61 Å². The highest BCUT2D eigenvalue weighted by Gasteiger charge is 2.23. The minimum Gasteiger partial charge on any atom is -0.445 e. The molecule has 1 atom stereocenters. The number of carbonyl (C=O) groups is 4. The van der Waals surface area contributed by atoms with Gasteiger partial charge in [0.2, 0.25) is 0 Å². The lowest BCUT2D eigenvalue weighted by atomic mass is 10.1. The first-order valence-electron chi connectivity index (χ1n) is 11.5. The van der Waals surface area contributed by atoms with E-state index in [1.807, 2.05) is 54.6 Å². The molecule has 37 heavy (non-hydrogen) atoms. The summed E-state index contributed by atoms with van der Waals surface area (Å²) in [7, 11) is 0. The van der Waals surface area contributed by atoms with Gasteiger partial charge in [0.25, 0.3) is 11.8 Å². The third-order valence-electron chi connectivity index (χ3n) is 5.06. The number of hydrogen-bond acceptors (Lipinski definition) is 6. The molecule has 4 N–H and O–H groups in total. The molecule has 0 aliphatic carbocycles. The SMILES string of the molecule is O=C(COC(=O)NNC(=O)[C@H](Cc1ccccc1)NC(=O)OCc1ccccc1)NCc1ccccc1. The van der Waals surface area contributed by atoms with Crippen LogP contribution >= 0.6 is 0 Å². The molecule has 10 heteroatoms. The molecule has 0 aliphatic rings. The molecule has 0 saturated heterocycles. The number of carbonyl (C=O) groups excluding carboxylic acids is 4. The number of nitrogens with one attached hydrogen (secondary N) is 4. The van der Waals surface area contributed by atoms with Gasteiger partial charge < -0.3 is 20.1 Å². The van der Waals surface area contributed by atoms with Crippen molar-refractivity contribution < 1.29 is 28.7 Å². The van der Waals surface area contributed by atoms with Crippen LogP contribution in [0, 0.1) is 0 Å². The van der Waals surface area contributed by atoms with Crippen LogP contribution in [-0.2, 0) is 38.6 Å². The summed E-state index contributed by atoms with van der Waals surface area (Å²) >= 11 is 0. The number of amides is 4. The van der Waals surface area contributed by atoms with Crippen LogP contribution in [0.2, 0.25) is 0 Å². The summed E-state index contributed by atoms with van der Waals surface area (Å²) in [6, 6.07) is 26.3. The molecule has 0 saturated carbocycles. The molecule has 3 rings (SSSR count). The molecule has 0 spiro atoms. The van der Waals surface area contributed by atoms with Crippen LogP contribution < -0.4 is 21.5 Å². The van der Waals surface area contributed by atoms with Crippen LogP contribution in [0.15, 0.2) is 91.0 Å². The first-order valence-corrected chi connectivity index (χ1v) is 11.5. The molecule has 4 amide bonds. The number of ether oxygens (including phenoxy) is 2. The van der Waals surface area contributed by atoms with Crippen molar-refractivity contribution in [2.24, 2.45) is 0 Å². The van der Waals surface area contributed by atoms with Gasteiger partial charge in [-0.25, -0.2) is 15.0 Å². The number of hydrazine groups is 1. The van der Waals surface area contributed by atoms with E-state index in [0.717, 1.165) is 16.7 Å². The van der Waals surface area contributed by atoms with Crippen molar-refractivity contribution in [3.05, 3.63) is 108 Å². The van der Waals surface area contributed by atoms with Gasteiger partial charge >= 0.3 is 12.2 Å². The molecule has 3 aromatic rings. The maximum absolute atomic E-state index is 12.7. The molecule has 0 aliphatic heterocycles. The predicted octanol–water partition coefficient (Wildman–Crippen LogP) is 2.60. The minimum atomic E-state index is -1.06. The fourth-order valence-corrected chi connectivity index (χ4v) is 3.18. The maximum Gasteiger partial charge on any atom is 0.426 e. The van der Waals surface area contributed by atoms with Crippen molar-refractivity contribution in [1.29, 1.82) is 0 Å². The van der Waals surface area contributed by atoms with Crippen molar-refractivity contribution in [2.45, 2.75) is 25.6 Å². The average molecular weight is 505 g/mol. The van der Waals surface area contributed by atoms with Crippen molar-refractivity contribution in [2.75, 3.05) is 6.61 Å². The molecule has 0 fully saturated rings. The van der Waals surface area contributed by atoms with E-state index in [1.165, 1.54) is 0 Å². The van der Waals surface area contributed by atoms with Crippen LogP contribution in [0.25, 0.3) is 0 Å². The van der Waals surface area contributed by atoms with Gasteiger partial charge in [0.05, 0.1) is 0 Å². The van der Waals surface area contributed by atoms with Crippen LogP contribution in [0.3, 0.4) is 0 Å². The molecule has 3 aromatic carbocycles. The number of hydrogen-bond donors (Lipinski definition) is 4. The van der Waals surface area contributed by atoms with Crippen molar-refractivity contribution in [3.63, 3.8) is 0 Å². The van der Waals surface area contributed by atoms with Gasteiger partial charge in [-0.15, -0.1) is 0 Å². The second-order valence-electron chi connectivity index (χ2n) is 7.90. The summed E-state index contributed by atoms with van der Waals surface area (Å²) in [5, 5.41) is 5.13. The normalized spacial score (nSPS) is 10.9. The molecule has 0 heterocycles. The predicted molar refractivity (Wildman–Crippen MR) is 135 cm³/mol. The van der Waals surface area contributed by atoms with Gasteiger partial charge in [-0.1, -0.05) is 91.0 Å². The number of rotatable bonds is 10. The highest BCUT2D eigenvalue weighted by molar-refractivity contribution is 5.87. The summed E-state index contributed by atoms with van der Waals surface area (Å²) in [5.41, 5.74) is 6.74. The third kappa shape index (κ3) is 10.1. The Morgan fingerprint density at radius 3 is 1.84 bits per heavy atom. The molecule has 0 unspecified atom stereocenters. The Kier molecular flexibility index (Phi) is 10.5. The molecule has 0 bridgehead atoms. The molecule has 192 valence electrons. The Morgan fingerprint density at radius 2 is 1.22 bits per heavy atom. The summed E-state index contributed by atoms with van der Waals surface area (Å²) < 4.78 is 10.0. The van der Waals surface area contributed by atoms with Crippen LogP contribution in [0.5, 0.6) is 0 Å². The van der Waals surface area contributed by atoms with E-state index in [1.54, 1.807) is 36.4 Å². The van der Waals surface area contributed by atoms with Crippen LogP contribution in [0.4, 0.5) is 9.59 Å². The quantitative estimate of drug-likeness (QED) is 0.314. The van der Waals surface area contributed by atoms with Crippen molar-refractivity contribution >= 4 is 24.0 Å². The smallest absolute Gasteiger partial charge is 0.426 e. The van der Waals surface area contributed by atoms with Gasteiger partial charge in [0.1, 0.15) is 12.6 Å². The average Bonchev–Trinajstić information content (AvgIpc) is 2.94. The number of alkyl carbamates (subject to hydrolysis) is 1. The van der Waals surface area contributed by atoms with E-state index in [0.29, 0.717) is 0 Å². The molecular formula is C27H28N4O6. The highest BCUT2D eigenvalue weighted by Crippen LogP contribution is 2.05. The summed E-state index contributed by atoms with van der Waals surface area (Å²) in [4.78, 5) is 48.9. The van der Waals surface area contributed by atoms with Gasteiger partial charge in [-0.2, -0.15) is 0 Å². The standard InChI is InChI=1S/C27H28N4O6/c32-24(28-17-21-12-6-2-7-13-21)19-37-27(35)31-30-25(33)23(16-20-10-4-1-5-11-20)29-26(34)36-18-22-14-8-3-9-15-22/h1-15,23H,16-19H2,(H,28,32)(H,29,34)(H,30,33)(H,31,35)/t23-/m0/s1. The Bertz CT molecular complexity index is 1160. The Balaban J connectivity index is 1.45. The van der Waals surface area contributed by atoms with Gasteiger partial charge in [-0.3, -0.25) is 15.0 Å². The molecule has 0 aromatic heterocycles. The topological polar surface area (TPSA) is 135 Å². The zero-order valence-electron chi connectivity index (χ0n) is 20.0. The lowest BCUT2D eigenvalue weighted by Gasteiger charge is -2.18. The van der Waals surface area contributed by atoms with E-state index in [-0.39, 0.29) is 19.6 Å². The molecule has 10 nitrogen and oxygen atoms in total. The number of benzene rings is 3. The zero-order chi connectivity index (χ0) is 26.3. The second-order valence-corrected chi connectivity index (χ2v) is 7.90. The van der Waals surface area contributed by atoms with Gasteiger partial charge in [0, 0.05) is 13.0 Å². The van der Waals surface area contributed by atoms with E-state index in [4.69, 9.17) is 9.47 Å². The Labute approximate surface area is 214 Å². The first-order chi connectivity index (χ1) is 18.0. The van der Waals surface area contributed by atoms with Crippen LogP contribution in [0.1, 0.15) is 16.7 Å². The fraction of sp³-hybridized carbons (Fsp3) is 0.185. The second kappa shape index (κ2) is 14.5. The summed E-state index contributed by atoms with van der Waals surface area (Å²) in [6.07, 6.45) is -1.68. The monoisotopic (exact) mass is 504 g/mol. The fourth-order valence-electron chi connectivity index (χ4n) is 3.18. The van der Waals surface area contributed by atoms with Gasteiger partial charge in [-0.05, 0) is 16.7 Å². The third-order valence-corrected chi connectivity index (χ3v) is 5.06. The van der Waals surface area contributed by atoms with Crippen molar-refractivity contribution in [3.8, 4) is 0 Å². The lowest BCUT2D eigenvalue weighted by Crippen LogP contribution is -2.53. The van der Waals surface area contributed by atoms with E-state index in [9.17, 15) is 19.2 Å². The van der Waals surface area contributed by atoms with Crippen LogP contribution in [-0.4, -0.2) is 36.6 Å². The minimum absolute atomic E-state index is 0.0310. The van der Waals surface area contributed by atoms with E-state index in [2.05, 4.69) is 21.5 Å². The lowest BCUT2D eigenvalue weighted by molar-refractivity contribution is -0.124. The molecular weight excluding hydrogens is 476 g/mol. The summed E-state index contributed by atoms with van der Waals surface area (Å²) in [6.45, 7) is -0.218. The zero-order valence-corrected chi connectivity index (χ0v) is 20.0. The Hall–Kier alpha value is -4.86. The first kappa shape index (κ1) is 26.7. The van der Waals surface area contributed by atoms with E-state index >= 15 is 0 Å². The largest absolute Gasteiger partial charge is 0.445 e. The van der Waals surface area contributed by atoms with E-state index < -0.39 is 36.6 Å². The molecule has 0 radical (unpaired) electrons. The Morgan fingerprint density at radius 1 is 0.649 bits per heavy atom. The van der Waals surface area contributed by atoms with Crippen molar-refractivity contribution in [1.82, 2.24) is 21.5 Å². The summed E-state index contributed by atoms with van der Waals surface area (Å²) in [5.74, 6) is -1.21. The highest BCUT2D eigenvalue weighted by atomic mass is 16.6.